The second-order valence-corrected chi connectivity index (χ2v) is 4.49. The van der Waals surface area contributed by atoms with Crippen molar-refractivity contribution in [1.82, 2.24) is 4.57 Å². The van der Waals surface area contributed by atoms with Crippen molar-refractivity contribution in [2.45, 2.75) is 6.92 Å². The molecule has 0 aliphatic carbocycles. The van der Waals surface area contributed by atoms with Crippen LogP contribution in [0.1, 0.15) is 21.6 Å². The zero-order chi connectivity index (χ0) is 14.5. The molecule has 4 nitrogen and oxygen atoms in total. The highest BCUT2D eigenvalue weighted by Gasteiger charge is 2.09. The van der Waals surface area contributed by atoms with E-state index >= 15 is 0 Å². The van der Waals surface area contributed by atoms with Gasteiger partial charge in [0.1, 0.15) is 5.69 Å². The van der Waals surface area contributed by atoms with Gasteiger partial charge in [-0.15, -0.1) is 0 Å². The zero-order valence-corrected chi connectivity index (χ0v) is 11.6. The Morgan fingerprint density at radius 1 is 1.40 bits per heavy atom. The van der Waals surface area contributed by atoms with Gasteiger partial charge in [0, 0.05) is 24.5 Å². The van der Waals surface area contributed by atoms with Gasteiger partial charge >= 0.3 is 0 Å². The van der Waals surface area contributed by atoms with Crippen molar-refractivity contribution in [3.63, 3.8) is 0 Å². The maximum Gasteiger partial charge on any atom is 0.272 e. The molecule has 1 aromatic carbocycles. The van der Waals surface area contributed by atoms with Gasteiger partial charge in [-0.2, -0.15) is 0 Å². The van der Waals surface area contributed by atoms with E-state index in [2.05, 4.69) is 17.2 Å². The number of carbonyl (C=O) groups excluding carboxylic acids is 1. The number of benzene rings is 1. The molecular formula is C16H17N3O. The van der Waals surface area contributed by atoms with E-state index in [1.807, 2.05) is 44.4 Å². The Bertz CT molecular complexity index is 689. The molecule has 0 aliphatic rings. The number of nitrogens with zero attached hydrogens (tertiary/aromatic N) is 1. The second-order valence-electron chi connectivity index (χ2n) is 4.49. The van der Waals surface area contributed by atoms with Crippen LogP contribution in [0.2, 0.25) is 0 Å². The number of anilines is 1. The number of aryl methyl sites for hydroxylation is 2. The van der Waals surface area contributed by atoms with E-state index < -0.39 is 0 Å². The minimum atomic E-state index is -0.127. The lowest BCUT2D eigenvalue weighted by molar-refractivity contribution is 0.101. The summed E-state index contributed by atoms with van der Waals surface area (Å²) >= 11 is 0. The molecular weight excluding hydrogens is 250 g/mol. The average Bonchev–Trinajstić information content (AvgIpc) is 2.84. The first-order valence-electron chi connectivity index (χ1n) is 6.34. The highest BCUT2D eigenvalue weighted by atomic mass is 16.1. The summed E-state index contributed by atoms with van der Waals surface area (Å²) in [7, 11) is 1.84. The molecule has 0 fully saturated rings. The van der Waals surface area contributed by atoms with Gasteiger partial charge in [-0.25, -0.2) is 0 Å². The summed E-state index contributed by atoms with van der Waals surface area (Å²) in [6.45, 7) is 2.30. The smallest absolute Gasteiger partial charge is 0.272 e. The van der Waals surface area contributed by atoms with E-state index in [1.165, 1.54) is 0 Å². The van der Waals surface area contributed by atoms with Crippen LogP contribution in [-0.2, 0) is 7.05 Å². The van der Waals surface area contributed by atoms with Crippen molar-refractivity contribution < 1.29 is 4.79 Å². The van der Waals surface area contributed by atoms with Crippen LogP contribution in [0.15, 0.2) is 36.5 Å². The number of hydrogen-bond acceptors (Lipinski definition) is 2. The number of hydrogen-bond donors (Lipinski definition) is 2. The van der Waals surface area contributed by atoms with Crippen LogP contribution < -0.4 is 11.1 Å². The fourth-order valence-corrected chi connectivity index (χ4v) is 1.92. The first kappa shape index (κ1) is 13.9. The Balaban J connectivity index is 2.17. The third-order valence-electron chi connectivity index (χ3n) is 2.99. The third kappa shape index (κ3) is 3.08. The van der Waals surface area contributed by atoms with E-state index in [9.17, 15) is 4.79 Å². The molecule has 102 valence electrons. The molecule has 0 saturated carbocycles. The van der Waals surface area contributed by atoms with Crippen LogP contribution in [0, 0.1) is 18.8 Å². The van der Waals surface area contributed by atoms with Gasteiger partial charge in [0.15, 0.2) is 0 Å². The molecule has 1 aromatic heterocycles. The molecule has 2 aromatic rings. The van der Waals surface area contributed by atoms with Gasteiger partial charge < -0.3 is 15.6 Å². The molecule has 0 unspecified atom stereocenters. The Kier molecular flexibility index (Phi) is 4.24. The molecule has 2 rings (SSSR count). The first-order valence-corrected chi connectivity index (χ1v) is 6.34. The Labute approximate surface area is 118 Å². The van der Waals surface area contributed by atoms with Crippen molar-refractivity contribution in [1.29, 1.82) is 0 Å². The van der Waals surface area contributed by atoms with Crippen molar-refractivity contribution in [2.75, 3.05) is 11.9 Å². The summed E-state index contributed by atoms with van der Waals surface area (Å²) in [6.07, 6.45) is 1.84. The summed E-state index contributed by atoms with van der Waals surface area (Å²) in [4.78, 5) is 12.1. The average molecular weight is 267 g/mol. The van der Waals surface area contributed by atoms with Gasteiger partial charge in [0.2, 0.25) is 0 Å². The highest BCUT2D eigenvalue weighted by Crippen LogP contribution is 2.15. The second kappa shape index (κ2) is 6.09. The first-order chi connectivity index (χ1) is 9.61. The van der Waals surface area contributed by atoms with Crippen LogP contribution >= 0.6 is 0 Å². The van der Waals surface area contributed by atoms with E-state index in [-0.39, 0.29) is 5.91 Å². The molecule has 0 atom stereocenters. The summed E-state index contributed by atoms with van der Waals surface area (Å²) in [6, 6.07) is 9.25. The van der Waals surface area contributed by atoms with Crippen LogP contribution in [0.3, 0.4) is 0 Å². The van der Waals surface area contributed by atoms with Gasteiger partial charge in [-0.05, 0) is 42.8 Å². The Morgan fingerprint density at radius 3 is 2.80 bits per heavy atom. The normalized spacial score (nSPS) is 9.75. The topological polar surface area (TPSA) is 60.0 Å². The molecule has 3 N–H and O–H groups in total. The quantitative estimate of drug-likeness (QED) is 0.816. The lowest BCUT2D eigenvalue weighted by Gasteiger charge is -2.08. The molecule has 20 heavy (non-hydrogen) atoms. The summed E-state index contributed by atoms with van der Waals surface area (Å²) in [5.41, 5.74) is 8.67. The number of nitrogens with one attached hydrogen (secondary N) is 1. The Hall–Kier alpha value is -2.51. The number of amides is 1. The summed E-state index contributed by atoms with van der Waals surface area (Å²) in [5, 5.41) is 2.88. The number of aromatic nitrogens is 1. The maximum atomic E-state index is 12.1. The van der Waals surface area contributed by atoms with Crippen LogP contribution in [-0.4, -0.2) is 17.0 Å². The van der Waals surface area contributed by atoms with Gasteiger partial charge in [-0.3, -0.25) is 4.79 Å². The van der Waals surface area contributed by atoms with E-state index in [0.29, 0.717) is 12.2 Å². The largest absolute Gasteiger partial charge is 0.347 e. The SMILES string of the molecule is Cc1cc(NC(=O)c2cccn2C)ccc1C#CCN. The summed E-state index contributed by atoms with van der Waals surface area (Å²) in [5.74, 6) is 5.69. The molecule has 0 radical (unpaired) electrons. The van der Waals surface area contributed by atoms with E-state index in [4.69, 9.17) is 5.73 Å². The fraction of sp³-hybridized carbons (Fsp3) is 0.188. The number of nitrogens with two attached hydrogens (primary N) is 1. The minimum Gasteiger partial charge on any atom is -0.347 e. The lowest BCUT2D eigenvalue weighted by Crippen LogP contribution is -2.15. The number of rotatable bonds is 2. The molecule has 1 heterocycles. The molecule has 0 spiro atoms. The number of carbonyl (C=O) groups is 1. The monoisotopic (exact) mass is 267 g/mol. The summed E-state index contributed by atoms with van der Waals surface area (Å²) < 4.78 is 1.78. The predicted octanol–water partition coefficient (Wildman–Crippen LogP) is 1.90. The van der Waals surface area contributed by atoms with Gasteiger partial charge in [-0.1, -0.05) is 11.8 Å². The molecule has 0 aliphatic heterocycles. The predicted molar refractivity (Wildman–Crippen MR) is 80.5 cm³/mol. The van der Waals surface area contributed by atoms with Crippen molar-refractivity contribution in [3.05, 3.63) is 53.3 Å². The van der Waals surface area contributed by atoms with Crippen molar-refractivity contribution in [2.24, 2.45) is 12.8 Å². The van der Waals surface area contributed by atoms with Crippen LogP contribution in [0.4, 0.5) is 5.69 Å². The standard InChI is InChI=1S/C16H17N3O/c1-12-11-14(8-7-13(12)5-3-9-17)18-16(20)15-6-4-10-19(15)2/h4,6-8,10-11H,9,17H2,1-2H3,(H,18,20). The minimum absolute atomic E-state index is 0.127. The maximum absolute atomic E-state index is 12.1. The molecule has 0 bridgehead atoms. The van der Waals surface area contributed by atoms with Crippen molar-refractivity contribution in [3.8, 4) is 11.8 Å². The molecule has 4 heteroatoms. The fourth-order valence-electron chi connectivity index (χ4n) is 1.92. The molecule has 0 saturated heterocycles. The molecule has 1 amide bonds. The third-order valence-corrected chi connectivity index (χ3v) is 2.99. The van der Waals surface area contributed by atoms with E-state index in [1.54, 1.807) is 10.6 Å². The van der Waals surface area contributed by atoms with Crippen LogP contribution in [0.5, 0.6) is 0 Å². The Morgan fingerprint density at radius 2 is 2.20 bits per heavy atom. The zero-order valence-electron chi connectivity index (χ0n) is 11.6. The van der Waals surface area contributed by atoms with Crippen LogP contribution in [0.25, 0.3) is 0 Å². The van der Waals surface area contributed by atoms with Gasteiger partial charge in [0.25, 0.3) is 5.91 Å². The highest BCUT2D eigenvalue weighted by molar-refractivity contribution is 6.03. The van der Waals surface area contributed by atoms with Crippen molar-refractivity contribution >= 4 is 11.6 Å². The van der Waals surface area contributed by atoms with Gasteiger partial charge in [0.05, 0.1) is 6.54 Å². The lowest BCUT2D eigenvalue weighted by atomic mass is 10.1. The van der Waals surface area contributed by atoms with E-state index in [0.717, 1.165) is 16.8 Å².